The summed E-state index contributed by atoms with van der Waals surface area (Å²) in [5.74, 6) is 0.192. The van der Waals surface area contributed by atoms with Gasteiger partial charge in [0.05, 0.1) is 30.6 Å². The number of methoxy groups -OCH3 is 1. The van der Waals surface area contributed by atoms with Crippen molar-refractivity contribution in [2.75, 3.05) is 38.7 Å². The molecule has 12 heteroatoms. The molecule has 3 aromatic heterocycles. The van der Waals surface area contributed by atoms with Crippen LogP contribution in [0, 0.1) is 12.7 Å². The van der Waals surface area contributed by atoms with Gasteiger partial charge in [-0.15, -0.1) is 0 Å². The van der Waals surface area contributed by atoms with Crippen LogP contribution in [-0.4, -0.2) is 63.3 Å². The van der Waals surface area contributed by atoms with E-state index in [2.05, 4.69) is 20.2 Å². The van der Waals surface area contributed by atoms with Crippen molar-refractivity contribution in [1.29, 1.82) is 0 Å². The third-order valence-corrected chi connectivity index (χ3v) is 8.10. The molecule has 1 N–H and O–H groups in total. The second kappa shape index (κ2) is 13.4. The van der Waals surface area contributed by atoms with Crippen molar-refractivity contribution < 1.29 is 23.4 Å². The lowest BCUT2D eigenvalue weighted by atomic mass is 10.1. The van der Waals surface area contributed by atoms with E-state index in [1.807, 2.05) is 0 Å². The van der Waals surface area contributed by atoms with Gasteiger partial charge >= 0.3 is 5.69 Å². The molecule has 4 heterocycles. The molecule has 0 atom stereocenters. The van der Waals surface area contributed by atoms with Gasteiger partial charge in [0.1, 0.15) is 11.4 Å². The van der Waals surface area contributed by atoms with E-state index in [-0.39, 0.29) is 22.8 Å². The summed E-state index contributed by atoms with van der Waals surface area (Å²) in [5, 5.41) is 3.31. The minimum atomic E-state index is -0.687. The molecular weight excluding hydrogens is 591 g/mol. The normalized spacial score (nSPS) is 13.2. The first-order valence-electron chi connectivity index (χ1n) is 15.1. The Morgan fingerprint density at radius 2 is 1.76 bits per heavy atom. The van der Waals surface area contributed by atoms with E-state index in [0.29, 0.717) is 46.1 Å². The number of rotatable bonds is 11. The molecule has 0 aliphatic carbocycles. The number of hydrogen-bond donors (Lipinski definition) is 1. The number of nitrogens with zero attached hydrogens (tertiary/aromatic N) is 5. The number of likely N-dealkylation sites (tertiary alicyclic amines) is 1. The van der Waals surface area contributed by atoms with Crippen LogP contribution in [0.1, 0.15) is 35.4 Å². The molecule has 6 rings (SSSR count). The number of aromatic nitrogens is 4. The van der Waals surface area contributed by atoms with Crippen LogP contribution in [0.15, 0.2) is 71.9 Å². The fourth-order valence-corrected chi connectivity index (χ4v) is 5.79. The molecule has 0 spiro atoms. The van der Waals surface area contributed by atoms with E-state index in [1.54, 1.807) is 63.0 Å². The number of amides is 1. The number of hydrogen-bond acceptors (Lipinski definition) is 8. The Balaban J connectivity index is 1.17. The van der Waals surface area contributed by atoms with Crippen molar-refractivity contribution in [3.05, 3.63) is 94.8 Å². The predicted octanol–water partition coefficient (Wildman–Crippen LogP) is 5.48. The number of carbonyl (C=O) groups is 1. The fraction of sp³-hybridized carbons (Fsp3) is 0.294. The lowest BCUT2D eigenvalue weighted by Gasteiger charge is -2.16. The number of pyridine rings is 2. The molecule has 1 fully saturated rings. The van der Waals surface area contributed by atoms with E-state index < -0.39 is 11.7 Å². The number of fused-ring (bicyclic) bond motifs is 1. The van der Waals surface area contributed by atoms with Crippen LogP contribution in [0.3, 0.4) is 0 Å². The van der Waals surface area contributed by atoms with E-state index in [0.717, 1.165) is 26.1 Å². The summed E-state index contributed by atoms with van der Waals surface area (Å²) in [5.41, 5.74) is 1.59. The molecule has 11 nitrogen and oxygen atoms in total. The number of carbonyl (C=O) groups excluding carboxylic acids is 1. The maximum absolute atomic E-state index is 15.3. The molecule has 1 saturated heterocycles. The Morgan fingerprint density at radius 1 is 0.978 bits per heavy atom. The van der Waals surface area contributed by atoms with E-state index in [1.165, 1.54) is 47.2 Å². The zero-order chi connectivity index (χ0) is 32.2. The van der Waals surface area contributed by atoms with E-state index in [4.69, 9.17) is 14.2 Å². The van der Waals surface area contributed by atoms with Gasteiger partial charge < -0.3 is 24.4 Å². The van der Waals surface area contributed by atoms with Gasteiger partial charge in [-0.3, -0.25) is 23.9 Å². The minimum Gasteiger partial charge on any atom is -0.493 e. The minimum absolute atomic E-state index is 0.0425. The zero-order valence-electron chi connectivity index (χ0n) is 26.0. The quantitative estimate of drug-likeness (QED) is 0.192. The van der Waals surface area contributed by atoms with Gasteiger partial charge in [-0.2, -0.15) is 0 Å². The molecule has 0 radical (unpaired) electrons. The van der Waals surface area contributed by atoms with Crippen molar-refractivity contribution in [3.8, 4) is 28.7 Å². The summed E-state index contributed by atoms with van der Waals surface area (Å²) in [6.07, 6.45) is 8.13. The monoisotopic (exact) mass is 626 g/mol. The SMILES string of the molecule is COc1cc2c(Oc3ccc(NC(=O)c4c(C)n(-c5ccncc5)c(=O)n4C)cc3F)ccnc2cc1OCCCN1CCCC1. The van der Waals surface area contributed by atoms with Gasteiger partial charge in [0.2, 0.25) is 0 Å². The van der Waals surface area contributed by atoms with Crippen molar-refractivity contribution >= 4 is 22.5 Å². The predicted molar refractivity (Wildman–Crippen MR) is 172 cm³/mol. The summed E-state index contributed by atoms with van der Waals surface area (Å²) < 4.78 is 35.6. The van der Waals surface area contributed by atoms with E-state index >= 15 is 4.39 Å². The molecular formula is C34H35FN6O5. The van der Waals surface area contributed by atoms with Gasteiger partial charge in [0.15, 0.2) is 23.1 Å². The number of benzene rings is 2. The summed E-state index contributed by atoms with van der Waals surface area (Å²) in [6, 6.07) is 12.7. The van der Waals surface area contributed by atoms with Crippen molar-refractivity contribution in [2.24, 2.45) is 7.05 Å². The highest BCUT2D eigenvalue weighted by atomic mass is 19.1. The smallest absolute Gasteiger partial charge is 0.333 e. The second-order valence-electron chi connectivity index (χ2n) is 11.1. The van der Waals surface area contributed by atoms with Crippen LogP contribution in [0.5, 0.6) is 23.0 Å². The molecule has 1 amide bonds. The number of ether oxygens (including phenoxy) is 3. The lowest BCUT2D eigenvalue weighted by molar-refractivity contribution is 0.101. The second-order valence-corrected chi connectivity index (χ2v) is 11.1. The number of anilines is 1. The van der Waals surface area contributed by atoms with Gasteiger partial charge in [0, 0.05) is 55.4 Å². The molecule has 1 aliphatic rings. The first-order chi connectivity index (χ1) is 22.3. The Morgan fingerprint density at radius 3 is 2.50 bits per heavy atom. The molecule has 238 valence electrons. The van der Waals surface area contributed by atoms with Crippen LogP contribution in [0.4, 0.5) is 10.1 Å². The Bertz CT molecular complexity index is 1930. The highest BCUT2D eigenvalue weighted by molar-refractivity contribution is 6.04. The Labute approximate surface area is 265 Å². The maximum Gasteiger partial charge on any atom is 0.333 e. The number of nitrogens with one attached hydrogen (secondary N) is 1. The number of imidazole rings is 1. The Kier molecular flexibility index (Phi) is 8.97. The average molecular weight is 627 g/mol. The van der Waals surface area contributed by atoms with Gasteiger partial charge in [-0.1, -0.05) is 0 Å². The summed E-state index contributed by atoms with van der Waals surface area (Å²) in [7, 11) is 3.08. The summed E-state index contributed by atoms with van der Waals surface area (Å²) in [4.78, 5) is 37.0. The van der Waals surface area contributed by atoms with Crippen molar-refractivity contribution in [2.45, 2.75) is 26.2 Å². The molecule has 0 unspecified atom stereocenters. The first kappa shape index (κ1) is 30.8. The maximum atomic E-state index is 15.3. The third-order valence-electron chi connectivity index (χ3n) is 8.10. The topological polar surface area (TPSA) is 113 Å². The van der Waals surface area contributed by atoms with Crippen molar-refractivity contribution in [1.82, 2.24) is 24.0 Å². The fourth-order valence-electron chi connectivity index (χ4n) is 5.79. The molecule has 5 aromatic rings. The number of halogens is 1. The molecule has 2 aromatic carbocycles. The van der Waals surface area contributed by atoms with Crippen LogP contribution in [0.25, 0.3) is 16.6 Å². The largest absolute Gasteiger partial charge is 0.493 e. The molecule has 46 heavy (non-hydrogen) atoms. The molecule has 0 bridgehead atoms. The Hall–Kier alpha value is -5.23. The zero-order valence-corrected chi connectivity index (χ0v) is 26.0. The summed E-state index contributed by atoms with van der Waals surface area (Å²) >= 11 is 0. The van der Waals surface area contributed by atoms with Gasteiger partial charge in [-0.05, 0) is 75.7 Å². The average Bonchev–Trinajstić information content (AvgIpc) is 3.66. The van der Waals surface area contributed by atoms with Gasteiger partial charge in [0.25, 0.3) is 5.91 Å². The van der Waals surface area contributed by atoms with E-state index in [9.17, 15) is 9.59 Å². The highest BCUT2D eigenvalue weighted by Gasteiger charge is 2.22. The lowest BCUT2D eigenvalue weighted by Crippen LogP contribution is -2.24. The third kappa shape index (κ3) is 6.29. The van der Waals surface area contributed by atoms with Crippen LogP contribution < -0.4 is 25.2 Å². The molecule has 0 saturated carbocycles. The standard InChI is InChI=1S/C34H35FN6O5/c1-22-32(39(2)34(43)41(22)24-9-12-36-13-10-24)33(42)38-23-7-8-29(26(35)19-23)46-28-11-14-37-27-21-31(30(44-3)20-25(27)28)45-18-6-17-40-15-4-5-16-40/h7-14,19-21H,4-6,15-18H2,1-3H3,(H,38,42). The van der Waals surface area contributed by atoms with Crippen LogP contribution in [0.2, 0.25) is 0 Å². The summed E-state index contributed by atoms with van der Waals surface area (Å²) in [6.45, 7) is 5.52. The first-order valence-corrected chi connectivity index (χ1v) is 15.1. The molecule has 1 aliphatic heterocycles. The van der Waals surface area contributed by atoms with Gasteiger partial charge in [-0.25, -0.2) is 9.18 Å². The highest BCUT2D eigenvalue weighted by Crippen LogP contribution is 2.38. The van der Waals surface area contributed by atoms with Crippen LogP contribution >= 0.6 is 0 Å². The van der Waals surface area contributed by atoms with Crippen LogP contribution in [-0.2, 0) is 7.05 Å². The van der Waals surface area contributed by atoms with Crippen molar-refractivity contribution in [3.63, 3.8) is 0 Å².